The van der Waals surface area contributed by atoms with Crippen molar-refractivity contribution >= 4 is 44.6 Å². The van der Waals surface area contributed by atoms with E-state index in [4.69, 9.17) is 0 Å². The van der Waals surface area contributed by atoms with Gasteiger partial charge in [0.1, 0.15) is 0 Å². The van der Waals surface area contributed by atoms with E-state index in [1.54, 1.807) is 30.3 Å². The van der Waals surface area contributed by atoms with Gasteiger partial charge in [0.25, 0.3) is 5.91 Å². The minimum Gasteiger partial charge on any atom is -0.321 e. The summed E-state index contributed by atoms with van der Waals surface area (Å²) < 4.78 is 0.893. The number of rotatable bonds is 3. The number of ketones is 1. The Kier molecular flexibility index (Phi) is 3.93. The van der Waals surface area contributed by atoms with Gasteiger partial charge in [-0.15, -0.1) is 11.3 Å². The first-order valence-electron chi connectivity index (χ1n) is 5.22. The molecule has 2 aromatic rings. The third-order valence-electron chi connectivity index (χ3n) is 2.34. The van der Waals surface area contributed by atoms with Crippen LogP contribution in [0, 0.1) is 0 Å². The number of hydrogen-bond donors (Lipinski definition) is 1. The Hall–Kier alpha value is -1.46. The lowest BCUT2D eigenvalue weighted by Crippen LogP contribution is -2.10. The van der Waals surface area contributed by atoms with Crippen LogP contribution in [0.3, 0.4) is 0 Å². The number of Topliss-reactive ketones (excluding diaryl/α,β-unsaturated/α-hetero) is 1. The normalized spacial score (nSPS) is 10.1. The molecule has 92 valence electrons. The van der Waals surface area contributed by atoms with Gasteiger partial charge in [-0.3, -0.25) is 9.59 Å². The highest BCUT2D eigenvalue weighted by Crippen LogP contribution is 2.21. The molecule has 1 N–H and O–H groups in total. The van der Waals surface area contributed by atoms with Gasteiger partial charge in [-0.1, -0.05) is 0 Å². The van der Waals surface area contributed by atoms with Crippen molar-refractivity contribution in [2.75, 3.05) is 5.32 Å². The molecule has 0 atom stereocenters. The second-order valence-electron chi connectivity index (χ2n) is 3.72. The number of anilines is 1. The van der Waals surface area contributed by atoms with Gasteiger partial charge in [-0.05, 0) is 53.2 Å². The molecule has 2 rings (SSSR count). The maximum absolute atomic E-state index is 11.9. The zero-order chi connectivity index (χ0) is 13.1. The third kappa shape index (κ3) is 3.05. The summed E-state index contributed by atoms with van der Waals surface area (Å²) in [5, 5.41) is 4.63. The number of hydrogen-bond acceptors (Lipinski definition) is 3. The summed E-state index contributed by atoms with van der Waals surface area (Å²) in [5.41, 5.74) is 1.31. The van der Waals surface area contributed by atoms with Crippen molar-refractivity contribution in [1.82, 2.24) is 0 Å². The Labute approximate surface area is 117 Å². The van der Waals surface area contributed by atoms with Crippen molar-refractivity contribution in [1.29, 1.82) is 0 Å². The molecule has 0 aliphatic carbocycles. The summed E-state index contributed by atoms with van der Waals surface area (Å²) in [6.45, 7) is 1.51. The highest BCUT2D eigenvalue weighted by atomic mass is 79.9. The molecule has 0 aliphatic rings. The molecule has 0 fully saturated rings. The van der Waals surface area contributed by atoms with E-state index in [1.165, 1.54) is 18.3 Å². The maximum atomic E-state index is 11.9. The van der Waals surface area contributed by atoms with Crippen molar-refractivity contribution < 1.29 is 9.59 Å². The molecular weight excluding hydrogens is 314 g/mol. The molecule has 0 saturated heterocycles. The molecule has 1 heterocycles. The number of thiophene rings is 1. The molecule has 5 heteroatoms. The largest absolute Gasteiger partial charge is 0.321 e. The summed E-state index contributed by atoms with van der Waals surface area (Å²) in [6, 6.07) is 8.60. The fraction of sp³-hybridized carbons (Fsp3) is 0.0769. The smallest absolute Gasteiger partial charge is 0.265 e. The second-order valence-corrected chi connectivity index (χ2v) is 5.54. The van der Waals surface area contributed by atoms with E-state index >= 15 is 0 Å². The molecule has 0 unspecified atom stereocenters. The number of nitrogens with one attached hydrogen (secondary N) is 1. The predicted molar refractivity (Wildman–Crippen MR) is 76.4 cm³/mol. The Morgan fingerprint density at radius 1 is 1.22 bits per heavy atom. The van der Waals surface area contributed by atoms with Gasteiger partial charge in [0, 0.05) is 21.1 Å². The quantitative estimate of drug-likeness (QED) is 0.869. The molecule has 0 aliphatic heterocycles. The summed E-state index contributed by atoms with van der Waals surface area (Å²) in [4.78, 5) is 23.6. The van der Waals surface area contributed by atoms with Crippen molar-refractivity contribution in [3.63, 3.8) is 0 Å². The first-order chi connectivity index (χ1) is 8.56. The zero-order valence-electron chi connectivity index (χ0n) is 9.57. The molecule has 0 spiro atoms. The van der Waals surface area contributed by atoms with Gasteiger partial charge in [0.05, 0.1) is 4.88 Å². The van der Waals surface area contributed by atoms with E-state index < -0.39 is 0 Å². The Balaban J connectivity index is 2.10. The van der Waals surface area contributed by atoms with E-state index in [0.29, 0.717) is 16.1 Å². The standard InChI is InChI=1S/C13H10BrNO2S/c1-8(16)9-2-4-11(5-3-9)15-13(17)12-6-10(14)7-18-12/h2-7H,1H3,(H,15,17). The first-order valence-corrected chi connectivity index (χ1v) is 6.90. The number of benzene rings is 1. The SMILES string of the molecule is CC(=O)c1ccc(NC(=O)c2cc(Br)cs2)cc1. The Morgan fingerprint density at radius 2 is 1.89 bits per heavy atom. The lowest BCUT2D eigenvalue weighted by atomic mass is 10.1. The number of amides is 1. The molecule has 0 saturated carbocycles. The van der Waals surface area contributed by atoms with Crippen LogP contribution < -0.4 is 5.32 Å². The third-order valence-corrected chi connectivity index (χ3v) is 4.03. The van der Waals surface area contributed by atoms with Crippen LogP contribution in [-0.4, -0.2) is 11.7 Å². The average molecular weight is 324 g/mol. The van der Waals surface area contributed by atoms with Gasteiger partial charge in [-0.2, -0.15) is 0 Å². The van der Waals surface area contributed by atoms with Gasteiger partial charge in [0.15, 0.2) is 5.78 Å². The second kappa shape index (κ2) is 5.46. The van der Waals surface area contributed by atoms with Gasteiger partial charge in [-0.25, -0.2) is 0 Å². The van der Waals surface area contributed by atoms with Crippen LogP contribution in [-0.2, 0) is 0 Å². The fourth-order valence-corrected chi connectivity index (χ4v) is 2.73. The number of carbonyl (C=O) groups is 2. The minimum absolute atomic E-state index is 0.00932. The lowest BCUT2D eigenvalue weighted by molar-refractivity contribution is 0.101. The van der Waals surface area contributed by atoms with Crippen LogP contribution in [0.2, 0.25) is 0 Å². The Morgan fingerprint density at radius 3 is 2.39 bits per heavy atom. The van der Waals surface area contributed by atoms with E-state index in [9.17, 15) is 9.59 Å². The fourth-order valence-electron chi connectivity index (χ4n) is 1.41. The lowest BCUT2D eigenvalue weighted by Gasteiger charge is -2.03. The molecule has 18 heavy (non-hydrogen) atoms. The number of carbonyl (C=O) groups excluding carboxylic acids is 2. The van der Waals surface area contributed by atoms with E-state index in [0.717, 1.165) is 4.47 Å². The highest BCUT2D eigenvalue weighted by molar-refractivity contribution is 9.10. The van der Waals surface area contributed by atoms with E-state index in [1.807, 2.05) is 5.38 Å². The predicted octanol–water partition coefficient (Wildman–Crippen LogP) is 3.97. The van der Waals surface area contributed by atoms with Crippen molar-refractivity contribution in [3.05, 3.63) is 50.6 Å². The molecule has 1 aromatic heterocycles. The van der Waals surface area contributed by atoms with Crippen LogP contribution in [0.15, 0.2) is 40.2 Å². The van der Waals surface area contributed by atoms with Crippen molar-refractivity contribution in [2.45, 2.75) is 6.92 Å². The molecule has 0 radical (unpaired) electrons. The molecule has 3 nitrogen and oxygen atoms in total. The minimum atomic E-state index is -0.152. The first kappa shape index (κ1) is 13.0. The topological polar surface area (TPSA) is 46.2 Å². The average Bonchev–Trinajstić information content (AvgIpc) is 2.76. The van der Waals surface area contributed by atoms with Crippen molar-refractivity contribution in [3.8, 4) is 0 Å². The summed E-state index contributed by atoms with van der Waals surface area (Å²) in [5.74, 6) is -0.142. The van der Waals surface area contributed by atoms with Gasteiger partial charge in [0.2, 0.25) is 0 Å². The maximum Gasteiger partial charge on any atom is 0.265 e. The zero-order valence-corrected chi connectivity index (χ0v) is 12.0. The molecule has 1 aromatic carbocycles. The van der Waals surface area contributed by atoms with E-state index in [2.05, 4.69) is 21.2 Å². The van der Waals surface area contributed by atoms with E-state index in [-0.39, 0.29) is 11.7 Å². The van der Waals surface area contributed by atoms with Gasteiger partial charge < -0.3 is 5.32 Å². The van der Waals surface area contributed by atoms with Crippen molar-refractivity contribution in [2.24, 2.45) is 0 Å². The summed E-state index contributed by atoms with van der Waals surface area (Å²) in [6.07, 6.45) is 0. The van der Waals surface area contributed by atoms with Crippen LogP contribution >= 0.6 is 27.3 Å². The van der Waals surface area contributed by atoms with Crippen LogP contribution in [0.1, 0.15) is 27.0 Å². The monoisotopic (exact) mass is 323 g/mol. The van der Waals surface area contributed by atoms with Gasteiger partial charge >= 0.3 is 0 Å². The molecule has 1 amide bonds. The van der Waals surface area contributed by atoms with Crippen LogP contribution in [0.5, 0.6) is 0 Å². The summed E-state index contributed by atoms with van der Waals surface area (Å²) >= 11 is 4.68. The summed E-state index contributed by atoms with van der Waals surface area (Å²) in [7, 11) is 0. The highest BCUT2D eigenvalue weighted by Gasteiger charge is 2.08. The van der Waals surface area contributed by atoms with Crippen LogP contribution in [0.4, 0.5) is 5.69 Å². The number of halogens is 1. The molecule has 0 bridgehead atoms. The van der Waals surface area contributed by atoms with Crippen LogP contribution in [0.25, 0.3) is 0 Å². The Bertz CT molecular complexity index is 589. The molecular formula is C13H10BrNO2S.